The minimum Gasteiger partial charge on any atom is -0.504 e. The summed E-state index contributed by atoms with van der Waals surface area (Å²) in [6, 6.07) is 10.3. The van der Waals surface area contributed by atoms with Gasteiger partial charge in [-0.05, 0) is 61.1 Å². The Labute approximate surface area is 163 Å². The van der Waals surface area contributed by atoms with Gasteiger partial charge in [-0.15, -0.1) is 0 Å². The van der Waals surface area contributed by atoms with E-state index in [-0.39, 0.29) is 11.8 Å². The van der Waals surface area contributed by atoms with Crippen LogP contribution in [0.3, 0.4) is 0 Å². The van der Waals surface area contributed by atoms with Gasteiger partial charge in [0.25, 0.3) is 5.95 Å². The first-order valence-corrected chi connectivity index (χ1v) is 9.58. The van der Waals surface area contributed by atoms with E-state index in [4.69, 9.17) is 9.47 Å². The van der Waals surface area contributed by atoms with Crippen LogP contribution in [-0.4, -0.2) is 52.9 Å². The van der Waals surface area contributed by atoms with E-state index < -0.39 is 17.8 Å². The van der Waals surface area contributed by atoms with Crippen molar-refractivity contribution in [2.75, 3.05) is 26.7 Å². The number of likely N-dealkylation sites (tertiary alicyclic amines) is 1. The molecule has 2 aliphatic rings. The molecule has 28 heavy (non-hydrogen) atoms. The molecule has 1 saturated heterocycles. The van der Waals surface area contributed by atoms with E-state index in [1.807, 2.05) is 24.3 Å². The molecule has 1 aliphatic carbocycles. The van der Waals surface area contributed by atoms with Crippen LogP contribution >= 0.6 is 0 Å². The average molecular weight is 388 g/mol. The highest BCUT2D eigenvalue weighted by atomic mass is 19.1. The number of fused-ring (bicyclic) bond motifs is 1. The summed E-state index contributed by atoms with van der Waals surface area (Å²) in [5.41, 5.74) is 0.244. The van der Waals surface area contributed by atoms with Gasteiger partial charge in [-0.3, -0.25) is 4.90 Å². The average Bonchev–Trinajstić information content (AvgIpc) is 3.22. The molecule has 6 nitrogen and oxygen atoms in total. The van der Waals surface area contributed by atoms with Crippen LogP contribution in [0.2, 0.25) is 0 Å². The number of aliphatic hydroxyl groups is 1. The number of rotatable bonds is 6. The molecule has 1 unspecified atom stereocenters. The zero-order chi connectivity index (χ0) is 19.7. The number of halogens is 1. The van der Waals surface area contributed by atoms with Gasteiger partial charge >= 0.3 is 0 Å². The standard InChI is InChI=1S/C21H25FN2O4/c1-27-15-2-4-16(5-3-15)28-17-8-13-10-24(11-14(13)9-17)12-20(26)18-6-7-19(25)21(22)23-18/h2-7,13-14,17,20,25-26H,8-12H2,1H3/t13-,14+,17+,20?. The molecule has 1 aromatic heterocycles. The first-order valence-electron chi connectivity index (χ1n) is 9.58. The number of nitrogens with zero attached hydrogens (tertiary/aromatic N) is 2. The number of β-amino-alcohol motifs (C(OH)–C–C–N with tert-alkyl or cyclic N) is 1. The molecule has 0 spiro atoms. The summed E-state index contributed by atoms with van der Waals surface area (Å²) in [6.07, 6.45) is 1.33. The fourth-order valence-corrected chi connectivity index (χ4v) is 4.40. The van der Waals surface area contributed by atoms with E-state index in [1.165, 1.54) is 12.1 Å². The van der Waals surface area contributed by atoms with Gasteiger partial charge in [-0.2, -0.15) is 4.39 Å². The van der Waals surface area contributed by atoms with Crippen molar-refractivity contribution in [3.8, 4) is 17.2 Å². The second-order valence-corrected chi connectivity index (χ2v) is 7.69. The molecule has 150 valence electrons. The molecule has 1 aromatic carbocycles. The molecule has 4 atom stereocenters. The predicted octanol–water partition coefficient (Wildman–Crippen LogP) is 2.76. The molecular formula is C21H25FN2O4. The maximum atomic E-state index is 13.4. The first-order chi connectivity index (χ1) is 13.5. The summed E-state index contributed by atoms with van der Waals surface area (Å²) in [5.74, 6) is 1.30. The molecule has 2 aromatic rings. The lowest BCUT2D eigenvalue weighted by Crippen LogP contribution is -2.29. The predicted molar refractivity (Wildman–Crippen MR) is 101 cm³/mol. The Morgan fingerprint density at radius 1 is 1.11 bits per heavy atom. The number of ether oxygens (including phenoxy) is 2. The zero-order valence-corrected chi connectivity index (χ0v) is 15.8. The van der Waals surface area contributed by atoms with Crippen molar-refractivity contribution in [1.29, 1.82) is 0 Å². The van der Waals surface area contributed by atoms with E-state index >= 15 is 0 Å². The van der Waals surface area contributed by atoms with Gasteiger partial charge in [0.05, 0.1) is 18.9 Å². The van der Waals surface area contributed by atoms with Crippen molar-refractivity contribution in [3.05, 3.63) is 48.0 Å². The normalized spacial score (nSPS) is 25.5. The SMILES string of the molecule is COc1ccc(O[C@H]2C[C@@H]3CN(CC(O)c4ccc(O)c(F)n4)C[C@@H]3C2)cc1. The summed E-state index contributed by atoms with van der Waals surface area (Å²) in [6.45, 7) is 2.20. The quantitative estimate of drug-likeness (QED) is 0.742. The second-order valence-electron chi connectivity index (χ2n) is 7.69. The molecule has 2 fully saturated rings. The van der Waals surface area contributed by atoms with Crippen LogP contribution in [0.1, 0.15) is 24.6 Å². The van der Waals surface area contributed by atoms with Gasteiger partial charge in [0, 0.05) is 19.6 Å². The summed E-state index contributed by atoms with van der Waals surface area (Å²) >= 11 is 0. The van der Waals surface area contributed by atoms with E-state index in [9.17, 15) is 14.6 Å². The molecule has 0 bridgehead atoms. The van der Waals surface area contributed by atoms with Gasteiger partial charge in [-0.25, -0.2) is 4.98 Å². The van der Waals surface area contributed by atoms with Gasteiger partial charge < -0.3 is 19.7 Å². The summed E-state index contributed by atoms with van der Waals surface area (Å²) < 4.78 is 24.7. The number of hydrogen-bond donors (Lipinski definition) is 2. The monoisotopic (exact) mass is 388 g/mol. The Bertz CT molecular complexity index is 803. The largest absolute Gasteiger partial charge is 0.504 e. The fourth-order valence-electron chi connectivity index (χ4n) is 4.40. The third-order valence-electron chi connectivity index (χ3n) is 5.77. The van der Waals surface area contributed by atoms with Crippen LogP contribution in [0.4, 0.5) is 4.39 Å². The maximum absolute atomic E-state index is 13.4. The van der Waals surface area contributed by atoms with Crippen molar-refractivity contribution >= 4 is 0 Å². The van der Waals surface area contributed by atoms with E-state index in [0.717, 1.165) is 37.4 Å². The Morgan fingerprint density at radius 2 is 1.75 bits per heavy atom. The van der Waals surface area contributed by atoms with Gasteiger partial charge in [0.1, 0.15) is 17.6 Å². The lowest BCUT2D eigenvalue weighted by atomic mass is 10.0. The highest BCUT2D eigenvalue weighted by Gasteiger charge is 2.42. The topological polar surface area (TPSA) is 75.1 Å². The lowest BCUT2D eigenvalue weighted by Gasteiger charge is -2.22. The molecule has 0 radical (unpaired) electrons. The number of benzene rings is 1. The smallest absolute Gasteiger partial charge is 0.255 e. The fraction of sp³-hybridized carbons (Fsp3) is 0.476. The first kappa shape index (κ1) is 19.0. The molecule has 2 N–H and O–H groups in total. The van der Waals surface area contributed by atoms with E-state index in [1.54, 1.807) is 7.11 Å². The van der Waals surface area contributed by atoms with Crippen LogP contribution in [0.15, 0.2) is 36.4 Å². The third kappa shape index (κ3) is 4.05. The van der Waals surface area contributed by atoms with Gasteiger partial charge in [0.15, 0.2) is 5.75 Å². The maximum Gasteiger partial charge on any atom is 0.255 e. The number of aliphatic hydroxyl groups excluding tert-OH is 1. The van der Waals surface area contributed by atoms with Crippen molar-refractivity contribution < 1.29 is 24.1 Å². The van der Waals surface area contributed by atoms with Crippen LogP contribution < -0.4 is 9.47 Å². The lowest BCUT2D eigenvalue weighted by molar-refractivity contribution is 0.112. The molecule has 4 rings (SSSR count). The number of hydrogen-bond acceptors (Lipinski definition) is 6. The van der Waals surface area contributed by atoms with Crippen molar-refractivity contribution in [3.63, 3.8) is 0 Å². The van der Waals surface area contributed by atoms with Crippen molar-refractivity contribution in [2.24, 2.45) is 11.8 Å². The number of aromatic hydroxyl groups is 1. The third-order valence-corrected chi connectivity index (χ3v) is 5.77. The van der Waals surface area contributed by atoms with Crippen molar-refractivity contribution in [1.82, 2.24) is 9.88 Å². The van der Waals surface area contributed by atoms with E-state index in [2.05, 4.69) is 9.88 Å². The van der Waals surface area contributed by atoms with Gasteiger partial charge in [-0.1, -0.05) is 0 Å². The Morgan fingerprint density at radius 3 is 2.36 bits per heavy atom. The van der Waals surface area contributed by atoms with Crippen LogP contribution in [0.5, 0.6) is 17.2 Å². The number of methoxy groups -OCH3 is 1. The van der Waals surface area contributed by atoms with Crippen molar-refractivity contribution in [2.45, 2.75) is 25.0 Å². The summed E-state index contributed by atoms with van der Waals surface area (Å²) in [5, 5.41) is 19.6. The van der Waals surface area contributed by atoms with Crippen LogP contribution in [-0.2, 0) is 0 Å². The zero-order valence-electron chi connectivity index (χ0n) is 15.8. The molecule has 0 amide bonds. The molecule has 1 saturated carbocycles. The van der Waals surface area contributed by atoms with Crippen LogP contribution in [0, 0.1) is 17.8 Å². The Balaban J connectivity index is 1.28. The minimum absolute atomic E-state index is 0.211. The molecular weight excluding hydrogens is 363 g/mol. The Kier molecular flexibility index (Phi) is 5.37. The second kappa shape index (κ2) is 7.93. The molecule has 1 aliphatic heterocycles. The highest BCUT2D eigenvalue weighted by Crippen LogP contribution is 2.40. The van der Waals surface area contributed by atoms with Gasteiger partial charge in [0.2, 0.25) is 0 Å². The van der Waals surface area contributed by atoms with E-state index in [0.29, 0.717) is 18.4 Å². The van der Waals surface area contributed by atoms with Crippen LogP contribution in [0.25, 0.3) is 0 Å². The highest BCUT2D eigenvalue weighted by molar-refractivity contribution is 5.31. The Hall–Kier alpha value is -2.38. The molecule has 7 heteroatoms. The summed E-state index contributed by atoms with van der Waals surface area (Å²) in [4.78, 5) is 5.84. The minimum atomic E-state index is -0.951. The molecule has 2 heterocycles. The number of pyridine rings is 1. The summed E-state index contributed by atoms with van der Waals surface area (Å²) in [7, 11) is 1.64. The number of aromatic nitrogens is 1.